The maximum Gasteiger partial charge on any atom is 0.145 e. The summed E-state index contributed by atoms with van der Waals surface area (Å²) in [5.41, 5.74) is 0. The Balaban J connectivity index is 0. The van der Waals surface area contributed by atoms with E-state index in [1.54, 1.807) is 0 Å². The summed E-state index contributed by atoms with van der Waals surface area (Å²) in [5, 5.41) is 0. The van der Waals surface area contributed by atoms with Crippen LogP contribution < -0.4 is 0 Å². The van der Waals surface area contributed by atoms with Crippen LogP contribution in [0.5, 0.6) is 0 Å². The molecule has 0 amide bonds. The zero-order chi connectivity index (χ0) is 3.41. The van der Waals surface area contributed by atoms with Crippen LogP contribution in [-0.4, -0.2) is 17.1 Å². The molecule has 1 nitrogen and oxygen atoms in total. The molecular formula is C2H9FOSi. The van der Waals surface area contributed by atoms with Crippen molar-refractivity contribution < 1.29 is 9.13 Å². The van der Waals surface area contributed by atoms with Gasteiger partial charge < -0.3 is 4.43 Å². The maximum atomic E-state index is 4.68. The normalized spacial score (nSPS) is 6.60. The molecule has 0 saturated heterocycles. The number of hydrogen-bond acceptors (Lipinski definition) is 1. The Morgan fingerprint density at radius 3 is 2.00 bits per heavy atom. The van der Waals surface area contributed by atoms with Crippen LogP contribution in [-0.2, 0) is 4.43 Å². The summed E-state index contributed by atoms with van der Waals surface area (Å²) in [5.74, 6) is 0. The summed E-state index contributed by atoms with van der Waals surface area (Å²) in [6.45, 7) is 2.87. The standard InChI is InChI=1S/C2H8OSi.FH/c1-2-3-4;/h2H2,1,4H3;1H. The van der Waals surface area contributed by atoms with Crippen LogP contribution in [0.1, 0.15) is 6.92 Å². The highest BCUT2D eigenvalue weighted by molar-refractivity contribution is 5.97. The minimum Gasteiger partial charge on any atom is -0.428 e. The minimum absolute atomic E-state index is 0. The molecule has 0 aromatic heterocycles. The summed E-state index contributed by atoms with van der Waals surface area (Å²) >= 11 is 0. The Morgan fingerprint density at radius 2 is 2.00 bits per heavy atom. The zero-order valence-corrected chi connectivity index (χ0v) is 5.52. The van der Waals surface area contributed by atoms with E-state index in [-0.39, 0.29) is 4.70 Å². The molecule has 0 aliphatic heterocycles. The van der Waals surface area contributed by atoms with Crippen LogP contribution in [0.25, 0.3) is 0 Å². The summed E-state index contributed by atoms with van der Waals surface area (Å²) in [6.07, 6.45) is 0. The van der Waals surface area contributed by atoms with E-state index in [0.29, 0.717) is 0 Å². The van der Waals surface area contributed by atoms with Gasteiger partial charge in [0.2, 0.25) is 0 Å². The lowest BCUT2D eigenvalue weighted by Crippen LogP contribution is -1.76. The van der Waals surface area contributed by atoms with Crippen LogP contribution in [0.2, 0.25) is 0 Å². The molecule has 3 heteroatoms. The quantitative estimate of drug-likeness (QED) is 0.398. The Kier molecular flexibility index (Phi) is 15.9. The maximum absolute atomic E-state index is 4.68. The predicted molar refractivity (Wildman–Crippen MR) is 24.1 cm³/mol. The molecule has 0 aliphatic rings. The summed E-state index contributed by atoms with van der Waals surface area (Å²) in [7, 11) is 0.890. The van der Waals surface area contributed by atoms with Crippen LogP contribution in [0.4, 0.5) is 4.70 Å². The van der Waals surface area contributed by atoms with Gasteiger partial charge in [-0.3, -0.25) is 4.70 Å². The Labute approximate surface area is 34.2 Å². The molecule has 0 saturated carbocycles. The summed E-state index contributed by atoms with van der Waals surface area (Å²) in [4.78, 5) is 0. The lowest BCUT2D eigenvalue weighted by Gasteiger charge is -1.77. The molecule has 0 atom stereocenters. The van der Waals surface area contributed by atoms with Crippen molar-refractivity contribution in [2.45, 2.75) is 6.92 Å². The average Bonchev–Trinajstić information content (AvgIpc) is 1.37. The van der Waals surface area contributed by atoms with E-state index in [2.05, 4.69) is 4.43 Å². The topological polar surface area (TPSA) is 9.23 Å². The number of hydrogen-bond donors (Lipinski definition) is 0. The van der Waals surface area contributed by atoms with Gasteiger partial charge >= 0.3 is 0 Å². The first-order chi connectivity index (χ1) is 1.91. The minimum atomic E-state index is 0. The van der Waals surface area contributed by atoms with E-state index in [1.807, 2.05) is 6.92 Å². The first-order valence-electron chi connectivity index (χ1n) is 1.40. The van der Waals surface area contributed by atoms with Gasteiger partial charge in [-0.15, -0.1) is 0 Å². The van der Waals surface area contributed by atoms with E-state index in [1.165, 1.54) is 0 Å². The molecule has 0 aromatic rings. The third kappa shape index (κ3) is 14.9. The summed E-state index contributed by atoms with van der Waals surface area (Å²) < 4.78 is 4.68. The third-order valence-electron chi connectivity index (χ3n) is 0.289. The molecule has 0 fully saturated rings. The highest BCUT2D eigenvalue weighted by Gasteiger charge is 1.51. The first kappa shape index (κ1) is 8.92. The second-order valence-electron chi connectivity index (χ2n) is 0.577. The van der Waals surface area contributed by atoms with E-state index in [4.69, 9.17) is 0 Å². The lowest BCUT2D eigenvalue weighted by molar-refractivity contribution is 0.375. The first-order valence-corrected chi connectivity index (χ1v) is 2.22. The summed E-state index contributed by atoms with van der Waals surface area (Å²) in [6, 6.07) is 0. The molecule has 0 unspecified atom stereocenters. The zero-order valence-electron chi connectivity index (χ0n) is 3.52. The highest BCUT2D eigenvalue weighted by atomic mass is 28.2. The Hall–Kier alpha value is 0.107. The van der Waals surface area contributed by atoms with E-state index in [0.717, 1.165) is 17.1 Å². The smallest absolute Gasteiger partial charge is 0.145 e. The molecule has 0 spiro atoms. The fourth-order valence-electron chi connectivity index (χ4n) is 0. The SMILES string of the molecule is CCO[SiH3].F. The van der Waals surface area contributed by atoms with Gasteiger partial charge in [0.15, 0.2) is 0 Å². The largest absolute Gasteiger partial charge is 0.428 e. The molecule has 0 bridgehead atoms. The molecule has 0 aromatic carbocycles. The predicted octanol–water partition coefficient (Wildman–Crippen LogP) is -0.544. The molecular weight excluding hydrogens is 87.1 g/mol. The van der Waals surface area contributed by atoms with Crippen molar-refractivity contribution in [3.05, 3.63) is 0 Å². The van der Waals surface area contributed by atoms with Crippen molar-refractivity contribution in [3.63, 3.8) is 0 Å². The van der Waals surface area contributed by atoms with Gasteiger partial charge in [0.05, 0.1) is 0 Å². The molecule has 0 radical (unpaired) electrons. The third-order valence-corrected chi connectivity index (χ3v) is 0.866. The van der Waals surface area contributed by atoms with Crippen molar-refractivity contribution in [2.75, 3.05) is 6.61 Å². The monoisotopic (exact) mass is 96.0 g/mol. The molecule has 0 N–H and O–H groups in total. The van der Waals surface area contributed by atoms with Crippen LogP contribution in [0, 0.1) is 0 Å². The van der Waals surface area contributed by atoms with Crippen molar-refractivity contribution >= 4 is 10.5 Å². The van der Waals surface area contributed by atoms with Crippen LogP contribution >= 0.6 is 0 Å². The van der Waals surface area contributed by atoms with Crippen LogP contribution in [0.15, 0.2) is 0 Å². The second kappa shape index (κ2) is 8.93. The van der Waals surface area contributed by atoms with E-state index >= 15 is 0 Å². The van der Waals surface area contributed by atoms with Crippen molar-refractivity contribution in [1.82, 2.24) is 0 Å². The highest BCUT2D eigenvalue weighted by Crippen LogP contribution is 1.50. The number of halogens is 1. The van der Waals surface area contributed by atoms with Crippen molar-refractivity contribution in [2.24, 2.45) is 0 Å². The van der Waals surface area contributed by atoms with Gasteiger partial charge in [0, 0.05) is 6.61 Å². The molecule has 0 heterocycles. The van der Waals surface area contributed by atoms with E-state index < -0.39 is 0 Å². The fourth-order valence-corrected chi connectivity index (χ4v) is 0. The molecule has 0 aliphatic carbocycles. The molecule has 0 rings (SSSR count). The van der Waals surface area contributed by atoms with Gasteiger partial charge in [-0.2, -0.15) is 0 Å². The Morgan fingerprint density at radius 1 is 1.80 bits per heavy atom. The molecule has 34 valence electrons. The van der Waals surface area contributed by atoms with E-state index in [9.17, 15) is 0 Å². The number of rotatable bonds is 1. The molecule has 5 heavy (non-hydrogen) atoms. The Bertz CT molecular complexity index is 11.6. The average molecular weight is 96.2 g/mol. The van der Waals surface area contributed by atoms with Gasteiger partial charge in [-0.1, -0.05) is 0 Å². The fraction of sp³-hybridized carbons (Fsp3) is 1.00. The lowest BCUT2D eigenvalue weighted by atomic mass is 10.9. The van der Waals surface area contributed by atoms with Crippen molar-refractivity contribution in [3.8, 4) is 0 Å². The van der Waals surface area contributed by atoms with Gasteiger partial charge in [0.25, 0.3) is 0 Å². The second-order valence-corrected chi connectivity index (χ2v) is 1.15. The van der Waals surface area contributed by atoms with Gasteiger partial charge in [-0.05, 0) is 6.92 Å². The van der Waals surface area contributed by atoms with Crippen molar-refractivity contribution in [1.29, 1.82) is 0 Å². The van der Waals surface area contributed by atoms with Gasteiger partial charge in [-0.25, -0.2) is 0 Å². The van der Waals surface area contributed by atoms with Gasteiger partial charge in [0.1, 0.15) is 10.5 Å². The van der Waals surface area contributed by atoms with Crippen LogP contribution in [0.3, 0.4) is 0 Å².